The van der Waals surface area contributed by atoms with Gasteiger partial charge in [0, 0.05) is 18.7 Å². The highest BCUT2D eigenvalue weighted by Crippen LogP contribution is 2.20. The minimum absolute atomic E-state index is 0.131. The fourth-order valence-corrected chi connectivity index (χ4v) is 1.67. The molecule has 1 aromatic carbocycles. The van der Waals surface area contributed by atoms with Crippen molar-refractivity contribution >= 4 is 17.7 Å². The van der Waals surface area contributed by atoms with Gasteiger partial charge >= 0.3 is 6.18 Å². The number of carbonyl (C=O) groups excluding carboxylic acids is 1. The predicted octanol–water partition coefficient (Wildman–Crippen LogP) is 3.18. The second-order valence-corrected chi connectivity index (χ2v) is 4.27. The van der Waals surface area contributed by atoms with E-state index in [2.05, 4.69) is 6.58 Å². The molecule has 0 bridgehead atoms. The second kappa shape index (κ2) is 7.39. The van der Waals surface area contributed by atoms with Crippen LogP contribution in [0, 0.1) is 10.1 Å². The number of nitro groups is 1. The van der Waals surface area contributed by atoms with E-state index in [9.17, 15) is 28.1 Å². The Morgan fingerprint density at radius 3 is 2.55 bits per heavy atom. The number of alkyl halides is 3. The monoisotopic (exact) mass is 314 g/mol. The SMILES string of the molecule is C=CCN(CC(F)(F)F)C(=O)/C=C/c1ccccc1[N+](=O)[O-]. The van der Waals surface area contributed by atoms with Crippen LogP contribution in [-0.4, -0.2) is 35.0 Å². The molecule has 0 fully saturated rings. The van der Waals surface area contributed by atoms with Crippen LogP contribution in [0.3, 0.4) is 0 Å². The van der Waals surface area contributed by atoms with Gasteiger partial charge in [-0.05, 0) is 12.1 Å². The first kappa shape index (κ1) is 17.4. The molecule has 0 saturated heterocycles. The van der Waals surface area contributed by atoms with Crippen molar-refractivity contribution in [2.45, 2.75) is 6.18 Å². The number of hydrogen-bond acceptors (Lipinski definition) is 3. The number of amides is 1. The van der Waals surface area contributed by atoms with Crippen molar-refractivity contribution < 1.29 is 22.9 Å². The van der Waals surface area contributed by atoms with E-state index in [0.29, 0.717) is 4.90 Å². The summed E-state index contributed by atoms with van der Waals surface area (Å²) in [6.07, 6.45) is -1.38. The Morgan fingerprint density at radius 1 is 1.36 bits per heavy atom. The highest BCUT2D eigenvalue weighted by Gasteiger charge is 2.31. The minimum Gasteiger partial charge on any atom is -0.326 e. The Bertz CT molecular complexity index is 597. The van der Waals surface area contributed by atoms with Gasteiger partial charge in [-0.2, -0.15) is 13.2 Å². The summed E-state index contributed by atoms with van der Waals surface area (Å²) < 4.78 is 37.1. The summed E-state index contributed by atoms with van der Waals surface area (Å²) in [6.45, 7) is 1.60. The van der Waals surface area contributed by atoms with Gasteiger partial charge in [0.2, 0.25) is 5.91 Å². The van der Waals surface area contributed by atoms with E-state index in [1.54, 1.807) is 0 Å². The van der Waals surface area contributed by atoms with E-state index in [4.69, 9.17) is 0 Å². The number of nitro benzene ring substituents is 1. The maximum Gasteiger partial charge on any atom is 0.406 e. The van der Waals surface area contributed by atoms with Crippen molar-refractivity contribution in [3.63, 3.8) is 0 Å². The molecule has 0 aromatic heterocycles. The first-order valence-corrected chi connectivity index (χ1v) is 6.12. The van der Waals surface area contributed by atoms with Crippen molar-refractivity contribution in [1.29, 1.82) is 0 Å². The topological polar surface area (TPSA) is 63.5 Å². The fourth-order valence-electron chi connectivity index (χ4n) is 1.67. The maximum absolute atomic E-state index is 12.4. The lowest BCUT2D eigenvalue weighted by Gasteiger charge is -2.20. The number of carbonyl (C=O) groups is 1. The second-order valence-electron chi connectivity index (χ2n) is 4.27. The number of para-hydroxylation sites is 1. The van der Waals surface area contributed by atoms with Crippen molar-refractivity contribution in [2.75, 3.05) is 13.1 Å². The first-order chi connectivity index (χ1) is 10.2. The van der Waals surface area contributed by atoms with Crippen LogP contribution < -0.4 is 0 Å². The largest absolute Gasteiger partial charge is 0.406 e. The van der Waals surface area contributed by atoms with Gasteiger partial charge in [-0.15, -0.1) is 6.58 Å². The van der Waals surface area contributed by atoms with Gasteiger partial charge in [0.25, 0.3) is 5.69 Å². The Hall–Kier alpha value is -2.64. The van der Waals surface area contributed by atoms with Crippen LogP contribution in [0.4, 0.5) is 18.9 Å². The minimum atomic E-state index is -4.54. The molecular weight excluding hydrogens is 301 g/mol. The Kier molecular flexibility index (Phi) is 5.85. The van der Waals surface area contributed by atoms with E-state index in [-0.39, 0.29) is 17.8 Å². The zero-order valence-electron chi connectivity index (χ0n) is 11.4. The number of hydrogen-bond donors (Lipinski definition) is 0. The van der Waals surface area contributed by atoms with Crippen molar-refractivity contribution in [3.8, 4) is 0 Å². The van der Waals surface area contributed by atoms with Gasteiger partial charge in [-0.25, -0.2) is 0 Å². The summed E-state index contributed by atoms with van der Waals surface area (Å²) >= 11 is 0. The average Bonchev–Trinajstić information content (AvgIpc) is 2.43. The summed E-state index contributed by atoms with van der Waals surface area (Å²) in [5, 5.41) is 10.8. The Balaban J connectivity index is 2.94. The molecule has 0 aliphatic heterocycles. The van der Waals surface area contributed by atoms with Crippen molar-refractivity contribution in [2.24, 2.45) is 0 Å². The van der Waals surface area contributed by atoms with Crippen LogP contribution in [0.1, 0.15) is 5.56 Å². The van der Waals surface area contributed by atoms with Crippen molar-refractivity contribution in [3.05, 3.63) is 58.7 Å². The molecule has 0 N–H and O–H groups in total. The smallest absolute Gasteiger partial charge is 0.326 e. The van der Waals surface area contributed by atoms with E-state index in [0.717, 1.165) is 12.2 Å². The van der Waals surface area contributed by atoms with Gasteiger partial charge in [-0.3, -0.25) is 14.9 Å². The Morgan fingerprint density at radius 2 is 2.00 bits per heavy atom. The van der Waals surface area contributed by atoms with E-state index < -0.39 is 23.6 Å². The average molecular weight is 314 g/mol. The molecule has 0 heterocycles. The number of halogens is 3. The number of nitrogens with zero attached hydrogens (tertiary/aromatic N) is 2. The molecule has 0 aliphatic carbocycles. The van der Waals surface area contributed by atoms with Gasteiger partial charge in [0.1, 0.15) is 6.54 Å². The van der Waals surface area contributed by atoms with Gasteiger partial charge in [0.05, 0.1) is 10.5 Å². The van der Waals surface area contributed by atoms with Crippen LogP contribution in [0.25, 0.3) is 6.08 Å². The molecule has 5 nitrogen and oxygen atoms in total. The third-order valence-corrected chi connectivity index (χ3v) is 2.57. The molecule has 0 spiro atoms. The molecule has 0 unspecified atom stereocenters. The third-order valence-electron chi connectivity index (χ3n) is 2.57. The maximum atomic E-state index is 12.4. The first-order valence-electron chi connectivity index (χ1n) is 6.12. The zero-order chi connectivity index (χ0) is 16.8. The van der Waals surface area contributed by atoms with E-state index >= 15 is 0 Å². The highest BCUT2D eigenvalue weighted by molar-refractivity contribution is 5.92. The summed E-state index contributed by atoms with van der Waals surface area (Å²) in [5.41, 5.74) is -0.107. The van der Waals surface area contributed by atoms with Crippen LogP contribution in [0.15, 0.2) is 43.0 Å². The molecule has 0 aliphatic rings. The predicted molar refractivity (Wildman–Crippen MR) is 75.0 cm³/mol. The summed E-state index contributed by atoms with van der Waals surface area (Å²) in [7, 11) is 0. The molecule has 1 aromatic rings. The molecule has 0 saturated carbocycles. The molecular formula is C14H13F3N2O3. The lowest BCUT2D eigenvalue weighted by atomic mass is 10.1. The highest BCUT2D eigenvalue weighted by atomic mass is 19.4. The number of benzene rings is 1. The van der Waals surface area contributed by atoms with Crippen molar-refractivity contribution in [1.82, 2.24) is 4.90 Å². The van der Waals surface area contributed by atoms with Crippen LogP contribution in [0.2, 0.25) is 0 Å². The van der Waals surface area contributed by atoms with Crippen LogP contribution in [-0.2, 0) is 4.79 Å². The summed E-state index contributed by atoms with van der Waals surface area (Å²) in [6, 6.07) is 5.60. The normalized spacial score (nSPS) is 11.4. The molecule has 1 rings (SSSR count). The zero-order valence-corrected chi connectivity index (χ0v) is 11.4. The van der Waals surface area contributed by atoms with E-state index in [1.807, 2.05) is 0 Å². The molecule has 0 atom stereocenters. The molecule has 22 heavy (non-hydrogen) atoms. The summed E-state index contributed by atoms with van der Waals surface area (Å²) in [4.78, 5) is 22.5. The Labute approximate surface area is 124 Å². The third kappa shape index (κ3) is 5.39. The quantitative estimate of drug-likeness (QED) is 0.350. The van der Waals surface area contributed by atoms with Gasteiger partial charge < -0.3 is 4.90 Å². The summed E-state index contributed by atoms with van der Waals surface area (Å²) in [5.74, 6) is -0.907. The van der Waals surface area contributed by atoms with Gasteiger partial charge in [-0.1, -0.05) is 18.2 Å². The van der Waals surface area contributed by atoms with Crippen LogP contribution >= 0.6 is 0 Å². The number of rotatable bonds is 6. The van der Waals surface area contributed by atoms with Gasteiger partial charge in [0.15, 0.2) is 0 Å². The molecule has 118 valence electrons. The fraction of sp³-hybridized carbons (Fsp3) is 0.214. The van der Waals surface area contributed by atoms with E-state index in [1.165, 1.54) is 30.3 Å². The van der Waals surface area contributed by atoms with Crippen LogP contribution in [0.5, 0.6) is 0 Å². The molecule has 1 amide bonds. The standard InChI is InChI=1S/C14H13F3N2O3/c1-2-9-18(10-14(15,16)17)13(20)8-7-11-5-3-4-6-12(11)19(21)22/h2-8H,1,9-10H2/b8-7+. The lowest BCUT2D eigenvalue weighted by Crippen LogP contribution is -2.38. The molecule has 0 radical (unpaired) electrons. The lowest BCUT2D eigenvalue weighted by molar-refractivity contribution is -0.385. The molecule has 8 heteroatoms.